The third-order valence-electron chi connectivity index (χ3n) is 1.51. The van der Waals surface area contributed by atoms with Crippen LogP contribution in [-0.4, -0.2) is 5.16 Å². The number of rotatable bonds is 4. The van der Waals surface area contributed by atoms with E-state index in [4.69, 9.17) is 4.52 Å². The topological polar surface area (TPSA) is 26.0 Å². The molecule has 1 aromatic heterocycles. The highest BCUT2D eigenvalue weighted by atomic mass is 16.5. The van der Waals surface area contributed by atoms with Crippen molar-refractivity contribution in [3.05, 3.63) is 30.2 Å². The number of allylic oxidation sites excluding steroid dienone is 1. The molecular formula is C9H13NO. The van der Waals surface area contributed by atoms with Crippen molar-refractivity contribution in [1.82, 2.24) is 5.16 Å². The molecule has 0 saturated heterocycles. The number of aromatic nitrogens is 1. The first-order valence-corrected chi connectivity index (χ1v) is 3.86. The monoisotopic (exact) mass is 151 g/mol. The Bertz CT molecular complexity index is 227. The number of hydrogen-bond acceptors (Lipinski definition) is 2. The van der Waals surface area contributed by atoms with E-state index in [0.29, 0.717) is 0 Å². The zero-order valence-corrected chi connectivity index (χ0v) is 6.84. The van der Waals surface area contributed by atoms with Crippen LogP contribution in [0.15, 0.2) is 23.2 Å². The van der Waals surface area contributed by atoms with Crippen LogP contribution in [0.5, 0.6) is 0 Å². The van der Waals surface area contributed by atoms with Crippen molar-refractivity contribution in [3.8, 4) is 0 Å². The summed E-state index contributed by atoms with van der Waals surface area (Å²) in [6, 6.07) is 1.98. The first-order chi connectivity index (χ1) is 5.33. The first-order valence-electron chi connectivity index (χ1n) is 3.86. The molecule has 0 saturated carbocycles. The summed E-state index contributed by atoms with van der Waals surface area (Å²) in [5, 5.41) is 3.79. The van der Waals surface area contributed by atoms with Gasteiger partial charge >= 0.3 is 0 Å². The molecule has 0 aliphatic rings. The minimum absolute atomic E-state index is 0.957. The van der Waals surface area contributed by atoms with Gasteiger partial charge in [-0.3, -0.25) is 0 Å². The fraction of sp³-hybridized carbons (Fsp3) is 0.444. The van der Waals surface area contributed by atoms with Gasteiger partial charge in [-0.05, 0) is 19.8 Å². The van der Waals surface area contributed by atoms with Gasteiger partial charge in [-0.25, -0.2) is 0 Å². The molecular weight excluding hydrogens is 138 g/mol. The van der Waals surface area contributed by atoms with E-state index in [1.54, 1.807) is 0 Å². The molecule has 0 N–H and O–H groups in total. The van der Waals surface area contributed by atoms with Crippen molar-refractivity contribution in [2.45, 2.75) is 26.2 Å². The summed E-state index contributed by atoms with van der Waals surface area (Å²) < 4.78 is 5.03. The molecule has 0 unspecified atom stereocenters. The molecule has 1 heterocycles. The summed E-state index contributed by atoms with van der Waals surface area (Å²) >= 11 is 0. The van der Waals surface area contributed by atoms with Crippen molar-refractivity contribution < 1.29 is 4.52 Å². The van der Waals surface area contributed by atoms with Crippen molar-refractivity contribution in [3.63, 3.8) is 0 Å². The van der Waals surface area contributed by atoms with Gasteiger partial charge in [-0.2, -0.15) is 0 Å². The molecule has 0 aliphatic carbocycles. The Morgan fingerprint density at radius 1 is 1.73 bits per heavy atom. The molecule has 0 radical (unpaired) electrons. The maximum Gasteiger partial charge on any atom is 0.137 e. The van der Waals surface area contributed by atoms with Crippen LogP contribution in [0.1, 0.15) is 24.3 Å². The van der Waals surface area contributed by atoms with Gasteiger partial charge < -0.3 is 4.52 Å². The molecule has 1 aromatic rings. The molecule has 0 spiro atoms. The van der Waals surface area contributed by atoms with E-state index in [2.05, 4.69) is 11.7 Å². The Kier molecular flexibility index (Phi) is 2.90. The third-order valence-corrected chi connectivity index (χ3v) is 1.51. The first kappa shape index (κ1) is 8.05. The van der Waals surface area contributed by atoms with E-state index in [-0.39, 0.29) is 0 Å². The molecule has 0 bridgehead atoms. The Hall–Kier alpha value is -1.05. The predicted octanol–water partition coefficient (Wildman–Crippen LogP) is 2.49. The summed E-state index contributed by atoms with van der Waals surface area (Å²) in [6.07, 6.45) is 5.02. The van der Waals surface area contributed by atoms with Gasteiger partial charge in [0.2, 0.25) is 0 Å². The SMILES string of the molecule is C=CCCCc1cc(C)no1. The lowest BCUT2D eigenvalue weighted by atomic mass is 10.2. The lowest BCUT2D eigenvalue weighted by Gasteiger charge is -1.89. The molecule has 2 nitrogen and oxygen atoms in total. The van der Waals surface area contributed by atoms with E-state index in [9.17, 15) is 0 Å². The van der Waals surface area contributed by atoms with Gasteiger partial charge in [0.1, 0.15) is 5.76 Å². The molecule has 11 heavy (non-hydrogen) atoms. The van der Waals surface area contributed by atoms with Crippen molar-refractivity contribution in [2.75, 3.05) is 0 Å². The second-order valence-corrected chi connectivity index (χ2v) is 2.62. The molecule has 0 fully saturated rings. The fourth-order valence-corrected chi connectivity index (χ4v) is 0.955. The average Bonchev–Trinajstić information content (AvgIpc) is 2.37. The Balaban J connectivity index is 2.32. The second-order valence-electron chi connectivity index (χ2n) is 2.62. The van der Waals surface area contributed by atoms with Crippen LogP contribution in [0.4, 0.5) is 0 Å². The van der Waals surface area contributed by atoms with Crippen LogP contribution in [0, 0.1) is 6.92 Å². The maximum absolute atomic E-state index is 5.03. The van der Waals surface area contributed by atoms with Crippen molar-refractivity contribution in [1.29, 1.82) is 0 Å². The number of hydrogen-bond donors (Lipinski definition) is 0. The molecule has 0 aliphatic heterocycles. The molecule has 2 heteroatoms. The quantitative estimate of drug-likeness (QED) is 0.488. The van der Waals surface area contributed by atoms with Crippen LogP contribution < -0.4 is 0 Å². The third kappa shape index (κ3) is 2.58. The Morgan fingerprint density at radius 2 is 2.55 bits per heavy atom. The highest BCUT2D eigenvalue weighted by Crippen LogP contribution is 2.06. The minimum atomic E-state index is 0.957. The number of unbranched alkanes of at least 4 members (excludes halogenated alkanes) is 1. The van der Waals surface area contributed by atoms with Crippen LogP contribution >= 0.6 is 0 Å². The summed E-state index contributed by atoms with van der Waals surface area (Å²) in [5.74, 6) is 0.976. The minimum Gasteiger partial charge on any atom is -0.361 e. The maximum atomic E-state index is 5.03. The van der Waals surface area contributed by atoms with Crippen molar-refractivity contribution in [2.24, 2.45) is 0 Å². The van der Waals surface area contributed by atoms with Gasteiger partial charge in [-0.1, -0.05) is 11.2 Å². The lowest BCUT2D eigenvalue weighted by Crippen LogP contribution is -1.79. The molecule has 0 amide bonds. The molecule has 1 rings (SSSR count). The normalized spacial score (nSPS) is 9.91. The van der Waals surface area contributed by atoms with Gasteiger partial charge in [0.25, 0.3) is 0 Å². The summed E-state index contributed by atoms with van der Waals surface area (Å²) in [5.41, 5.74) is 0.957. The summed E-state index contributed by atoms with van der Waals surface area (Å²) in [7, 11) is 0. The van der Waals surface area contributed by atoms with E-state index in [1.807, 2.05) is 19.1 Å². The van der Waals surface area contributed by atoms with Gasteiger partial charge in [0.05, 0.1) is 5.69 Å². The number of aryl methyl sites for hydroxylation is 2. The second kappa shape index (κ2) is 3.96. The Morgan fingerprint density at radius 3 is 3.09 bits per heavy atom. The van der Waals surface area contributed by atoms with Crippen molar-refractivity contribution >= 4 is 0 Å². The van der Waals surface area contributed by atoms with E-state index < -0.39 is 0 Å². The molecule has 0 atom stereocenters. The Labute approximate surface area is 66.9 Å². The van der Waals surface area contributed by atoms with Crippen LogP contribution in [0.3, 0.4) is 0 Å². The van der Waals surface area contributed by atoms with Crippen LogP contribution in [0.25, 0.3) is 0 Å². The summed E-state index contributed by atoms with van der Waals surface area (Å²) in [4.78, 5) is 0. The highest BCUT2D eigenvalue weighted by Gasteiger charge is 1.98. The van der Waals surface area contributed by atoms with Gasteiger partial charge in [-0.15, -0.1) is 6.58 Å². The number of nitrogens with zero attached hydrogens (tertiary/aromatic N) is 1. The fourth-order valence-electron chi connectivity index (χ4n) is 0.955. The van der Waals surface area contributed by atoms with Gasteiger partial charge in [0, 0.05) is 12.5 Å². The van der Waals surface area contributed by atoms with Crippen LogP contribution in [0.2, 0.25) is 0 Å². The predicted molar refractivity (Wildman–Crippen MR) is 44.4 cm³/mol. The lowest BCUT2D eigenvalue weighted by molar-refractivity contribution is 0.377. The standard InChI is InChI=1S/C9H13NO/c1-3-4-5-6-9-7-8(2)10-11-9/h3,7H,1,4-6H2,2H3. The summed E-state index contributed by atoms with van der Waals surface area (Å²) in [6.45, 7) is 5.58. The average molecular weight is 151 g/mol. The zero-order chi connectivity index (χ0) is 8.10. The molecule has 0 aromatic carbocycles. The van der Waals surface area contributed by atoms with E-state index >= 15 is 0 Å². The van der Waals surface area contributed by atoms with E-state index in [0.717, 1.165) is 30.7 Å². The smallest absolute Gasteiger partial charge is 0.137 e. The van der Waals surface area contributed by atoms with E-state index in [1.165, 1.54) is 0 Å². The zero-order valence-electron chi connectivity index (χ0n) is 6.84. The van der Waals surface area contributed by atoms with Gasteiger partial charge in [0.15, 0.2) is 0 Å². The highest BCUT2D eigenvalue weighted by molar-refractivity contribution is 5.02. The molecule has 60 valence electrons. The van der Waals surface area contributed by atoms with Crippen LogP contribution in [-0.2, 0) is 6.42 Å². The largest absolute Gasteiger partial charge is 0.361 e.